The van der Waals surface area contributed by atoms with E-state index >= 15 is 0 Å². The van der Waals surface area contributed by atoms with Crippen LogP contribution in [0.4, 0.5) is 13.6 Å². The second-order valence-electron chi connectivity index (χ2n) is 9.88. The van der Waals surface area contributed by atoms with Gasteiger partial charge < -0.3 is 24.8 Å². The number of nitrogens with zero attached hydrogens (tertiary/aromatic N) is 4. The second kappa shape index (κ2) is 13.6. The summed E-state index contributed by atoms with van der Waals surface area (Å²) in [5, 5.41) is 15.3. The summed E-state index contributed by atoms with van der Waals surface area (Å²) in [5.41, 5.74) is 0.933. The fourth-order valence-corrected chi connectivity index (χ4v) is 5.30. The summed E-state index contributed by atoms with van der Waals surface area (Å²) in [6.45, 7) is 1.11. The number of methoxy groups -OCH3 is 2. The number of nitrogens with one attached hydrogen (secondary N) is 1. The molecule has 13 heteroatoms. The Hall–Kier alpha value is -3.94. The van der Waals surface area contributed by atoms with E-state index in [1.54, 1.807) is 6.20 Å². The van der Waals surface area contributed by atoms with Crippen molar-refractivity contribution in [2.75, 3.05) is 47.0 Å². The van der Waals surface area contributed by atoms with Crippen molar-refractivity contribution in [1.82, 2.24) is 25.2 Å². The number of rotatable bonds is 11. The van der Waals surface area contributed by atoms with Crippen molar-refractivity contribution in [3.05, 3.63) is 76.8 Å². The number of urea groups is 1. The standard InChI is InChI=1S/C28H33F2N5O6/c1-40-16-24-25(27(38)41-2)26(19-6-7-21(29)22(30)13-19)35(28(39)32-24)34(17-36)15-20(37)14-33-11-8-18(9-12-33)23-5-3-4-10-31-23/h3-7,10,13,17-18,20,26,37H,8-9,11-12,14-16H2,1-2H3,(H,32,39). The van der Waals surface area contributed by atoms with Gasteiger partial charge in [-0.2, -0.15) is 0 Å². The molecule has 2 aliphatic rings. The predicted octanol–water partition coefficient (Wildman–Crippen LogP) is 2.11. The van der Waals surface area contributed by atoms with E-state index < -0.39 is 35.8 Å². The third-order valence-electron chi connectivity index (χ3n) is 7.22. The molecular formula is C28H33F2N5O6. The minimum Gasteiger partial charge on any atom is -0.466 e. The molecular weight excluding hydrogens is 540 g/mol. The third kappa shape index (κ3) is 6.87. The van der Waals surface area contributed by atoms with Crippen molar-refractivity contribution >= 4 is 18.4 Å². The lowest BCUT2D eigenvalue weighted by atomic mass is 9.93. The molecule has 0 radical (unpaired) electrons. The van der Waals surface area contributed by atoms with Crippen LogP contribution in [-0.4, -0.2) is 96.5 Å². The average molecular weight is 574 g/mol. The number of aliphatic hydroxyl groups excluding tert-OH is 1. The molecule has 1 aromatic heterocycles. The summed E-state index contributed by atoms with van der Waals surface area (Å²) in [4.78, 5) is 45.0. The number of carbonyl (C=O) groups is 3. The van der Waals surface area contributed by atoms with Gasteiger partial charge in [-0.1, -0.05) is 12.1 Å². The first-order valence-corrected chi connectivity index (χ1v) is 13.2. The Morgan fingerprint density at radius 1 is 1.22 bits per heavy atom. The third-order valence-corrected chi connectivity index (χ3v) is 7.22. The van der Waals surface area contributed by atoms with E-state index in [2.05, 4.69) is 15.2 Å². The van der Waals surface area contributed by atoms with Crippen LogP contribution in [0, 0.1) is 11.6 Å². The van der Waals surface area contributed by atoms with Gasteiger partial charge in [0.1, 0.15) is 6.04 Å². The van der Waals surface area contributed by atoms with Gasteiger partial charge in [0.2, 0.25) is 6.41 Å². The quantitative estimate of drug-likeness (QED) is 0.310. The van der Waals surface area contributed by atoms with E-state index in [-0.39, 0.29) is 36.5 Å². The molecule has 3 amide bonds. The van der Waals surface area contributed by atoms with Crippen molar-refractivity contribution in [3.8, 4) is 0 Å². The van der Waals surface area contributed by atoms with Crippen molar-refractivity contribution in [1.29, 1.82) is 0 Å². The van der Waals surface area contributed by atoms with Crippen LogP contribution < -0.4 is 5.32 Å². The molecule has 2 aliphatic heterocycles. The highest BCUT2D eigenvalue weighted by atomic mass is 19.2. The highest BCUT2D eigenvalue weighted by Gasteiger charge is 2.43. The second-order valence-corrected chi connectivity index (χ2v) is 9.88. The molecule has 2 atom stereocenters. The number of hydrazine groups is 1. The SMILES string of the molecule is COCC1=C(C(=O)OC)C(c2ccc(F)c(F)c2)N(N(C=O)CC(O)CN2CCC(c3ccccn3)CC2)C(=O)N1. The Balaban J connectivity index is 1.55. The van der Waals surface area contributed by atoms with Crippen LogP contribution in [0.25, 0.3) is 0 Å². The summed E-state index contributed by atoms with van der Waals surface area (Å²) in [6.07, 6.45) is 2.73. The van der Waals surface area contributed by atoms with E-state index in [1.165, 1.54) is 13.2 Å². The van der Waals surface area contributed by atoms with Crippen LogP contribution in [0.5, 0.6) is 0 Å². The molecule has 2 aromatic rings. The molecule has 220 valence electrons. The van der Waals surface area contributed by atoms with Crippen LogP contribution in [0.15, 0.2) is 53.9 Å². The Kier molecular flexibility index (Phi) is 9.97. The van der Waals surface area contributed by atoms with Crippen molar-refractivity contribution < 1.29 is 37.7 Å². The number of likely N-dealkylation sites (tertiary alicyclic amines) is 1. The molecule has 41 heavy (non-hydrogen) atoms. The number of ether oxygens (including phenoxy) is 2. The number of hydrogen-bond donors (Lipinski definition) is 2. The number of benzene rings is 1. The van der Waals surface area contributed by atoms with Crippen LogP contribution in [0.3, 0.4) is 0 Å². The molecule has 0 bridgehead atoms. The highest BCUT2D eigenvalue weighted by Crippen LogP contribution is 2.36. The first kappa shape index (κ1) is 30.0. The number of pyridine rings is 1. The molecule has 4 rings (SSSR count). The Morgan fingerprint density at radius 2 is 1.98 bits per heavy atom. The first-order valence-electron chi connectivity index (χ1n) is 13.2. The first-order chi connectivity index (χ1) is 19.8. The van der Waals surface area contributed by atoms with Gasteiger partial charge in [-0.05, 0) is 55.8 Å². The van der Waals surface area contributed by atoms with Gasteiger partial charge in [0.05, 0.1) is 37.6 Å². The van der Waals surface area contributed by atoms with Crippen LogP contribution in [-0.2, 0) is 19.1 Å². The van der Waals surface area contributed by atoms with E-state index in [4.69, 9.17) is 9.47 Å². The molecule has 1 saturated heterocycles. The van der Waals surface area contributed by atoms with Gasteiger partial charge in [0, 0.05) is 31.5 Å². The molecule has 0 spiro atoms. The number of aromatic nitrogens is 1. The summed E-state index contributed by atoms with van der Waals surface area (Å²) in [7, 11) is 2.47. The molecule has 1 fully saturated rings. The van der Waals surface area contributed by atoms with Crippen molar-refractivity contribution in [2.24, 2.45) is 0 Å². The smallest absolute Gasteiger partial charge is 0.341 e. The predicted molar refractivity (Wildman–Crippen MR) is 142 cm³/mol. The van der Waals surface area contributed by atoms with Crippen LogP contribution in [0.1, 0.15) is 36.1 Å². The van der Waals surface area contributed by atoms with Gasteiger partial charge >= 0.3 is 12.0 Å². The number of hydrogen-bond acceptors (Lipinski definition) is 8. The summed E-state index contributed by atoms with van der Waals surface area (Å²) >= 11 is 0. The summed E-state index contributed by atoms with van der Waals surface area (Å²) in [6, 6.07) is 6.50. The zero-order valence-corrected chi connectivity index (χ0v) is 22.8. The minimum absolute atomic E-state index is 0.00527. The maximum absolute atomic E-state index is 14.3. The van der Waals surface area contributed by atoms with E-state index in [0.717, 1.165) is 47.8 Å². The average Bonchev–Trinajstić information content (AvgIpc) is 2.98. The van der Waals surface area contributed by atoms with Crippen molar-refractivity contribution in [3.63, 3.8) is 0 Å². The molecule has 3 heterocycles. The highest BCUT2D eigenvalue weighted by molar-refractivity contribution is 5.95. The monoisotopic (exact) mass is 573 g/mol. The van der Waals surface area contributed by atoms with Gasteiger partial charge in [-0.25, -0.2) is 28.4 Å². The fraction of sp³-hybridized carbons (Fsp3) is 0.429. The number of esters is 1. The maximum Gasteiger partial charge on any atom is 0.341 e. The molecule has 1 aromatic carbocycles. The van der Waals surface area contributed by atoms with Gasteiger partial charge in [-0.15, -0.1) is 0 Å². The fourth-order valence-electron chi connectivity index (χ4n) is 5.30. The van der Waals surface area contributed by atoms with Gasteiger partial charge in [-0.3, -0.25) is 9.78 Å². The Morgan fingerprint density at radius 3 is 2.59 bits per heavy atom. The van der Waals surface area contributed by atoms with E-state index in [9.17, 15) is 28.3 Å². The van der Waals surface area contributed by atoms with E-state index in [1.807, 2.05) is 18.2 Å². The lowest BCUT2D eigenvalue weighted by Crippen LogP contribution is -2.58. The lowest BCUT2D eigenvalue weighted by molar-refractivity contribution is -0.142. The zero-order chi connectivity index (χ0) is 29.5. The number of β-amino-alcohol motifs (C(OH)–C–C–N with tert-alkyl or cyclic N) is 1. The van der Waals surface area contributed by atoms with Gasteiger partial charge in [0.15, 0.2) is 11.6 Å². The van der Waals surface area contributed by atoms with E-state index in [0.29, 0.717) is 25.4 Å². The Labute approximate surface area is 236 Å². The Bertz CT molecular complexity index is 1270. The van der Waals surface area contributed by atoms with Crippen LogP contribution >= 0.6 is 0 Å². The largest absolute Gasteiger partial charge is 0.466 e. The number of carbonyl (C=O) groups excluding carboxylic acids is 3. The van der Waals surface area contributed by atoms with Crippen molar-refractivity contribution in [2.45, 2.75) is 30.9 Å². The minimum atomic E-state index is -1.39. The number of piperidine rings is 1. The molecule has 11 nitrogen and oxygen atoms in total. The summed E-state index contributed by atoms with van der Waals surface area (Å²) < 4.78 is 38.2. The summed E-state index contributed by atoms with van der Waals surface area (Å²) in [5.74, 6) is -2.90. The molecule has 2 N–H and O–H groups in total. The maximum atomic E-state index is 14.3. The van der Waals surface area contributed by atoms with Crippen LogP contribution in [0.2, 0.25) is 0 Å². The number of halogens is 2. The number of aliphatic hydroxyl groups is 1. The lowest BCUT2D eigenvalue weighted by Gasteiger charge is -2.43. The molecule has 0 saturated carbocycles. The topological polar surface area (TPSA) is 125 Å². The van der Waals surface area contributed by atoms with Gasteiger partial charge in [0.25, 0.3) is 0 Å². The molecule has 2 unspecified atom stereocenters. The molecule has 0 aliphatic carbocycles. The normalized spacial score (nSPS) is 19.1. The number of amides is 3. The zero-order valence-electron chi connectivity index (χ0n) is 22.8.